The molecule has 0 aromatic carbocycles. The molecule has 0 aliphatic heterocycles. The van der Waals surface area contributed by atoms with Crippen molar-refractivity contribution in [1.29, 1.82) is 0 Å². The zero-order valence-corrected chi connectivity index (χ0v) is 13.1. The molecule has 20 heavy (non-hydrogen) atoms. The van der Waals surface area contributed by atoms with Crippen LogP contribution in [0.2, 0.25) is 0 Å². The molecule has 1 aromatic heterocycles. The number of rotatable bonds is 7. The fourth-order valence-corrected chi connectivity index (χ4v) is 3.52. The highest BCUT2D eigenvalue weighted by Crippen LogP contribution is 2.24. The summed E-state index contributed by atoms with van der Waals surface area (Å²) in [5, 5.41) is 12.1. The summed E-state index contributed by atoms with van der Waals surface area (Å²) in [6.07, 6.45) is 6.40. The van der Waals surface area contributed by atoms with Gasteiger partial charge in [0.1, 0.15) is 0 Å². The standard InChI is InChI=1S/C13H23N5OS/c1-3-18(11-7-4-5-8-11)12(19)9-6-10-20-13-14-15-16-17(13)2/h11H,3-10H2,1-2H3. The van der Waals surface area contributed by atoms with E-state index in [0.29, 0.717) is 18.4 Å². The van der Waals surface area contributed by atoms with Crippen molar-refractivity contribution in [1.82, 2.24) is 25.1 Å². The maximum Gasteiger partial charge on any atom is 0.222 e. The number of hydrogen-bond acceptors (Lipinski definition) is 5. The number of nitrogens with zero attached hydrogens (tertiary/aromatic N) is 5. The lowest BCUT2D eigenvalue weighted by molar-refractivity contribution is -0.133. The molecule has 1 amide bonds. The lowest BCUT2D eigenvalue weighted by Gasteiger charge is -2.27. The highest BCUT2D eigenvalue weighted by atomic mass is 32.2. The van der Waals surface area contributed by atoms with Crippen LogP contribution in [-0.2, 0) is 11.8 Å². The summed E-state index contributed by atoms with van der Waals surface area (Å²) in [7, 11) is 1.83. The van der Waals surface area contributed by atoms with Crippen molar-refractivity contribution < 1.29 is 4.79 Å². The Morgan fingerprint density at radius 3 is 2.80 bits per heavy atom. The Balaban J connectivity index is 1.70. The first kappa shape index (κ1) is 15.3. The molecule has 0 radical (unpaired) electrons. The van der Waals surface area contributed by atoms with Gasteiger partial charge < -0.3 is 4.90 Å². The lowest BCUT2D eigenvalue weighted by atomic mass is 10.2. The van der Waals surface area contributed by atoms with Crippen LogP contribution in [0, 0.1) is 0 Å². The first-order valence-corrected chi connectivity index (χ1v) is 8.35. The molecular formula is C13H23N5OS. The molecule has 0 atom stereocenters. The Kier molecular flexibility index (Phi) is 5.82. The van der Waals surface area contributed by atoms with Gasteiger partial charge in [0.15, 0.2) is 0 Å². The van der Waals surface area contributed by atoms with Gasteiger partial charge in [0.05, 0.1) is 0 Å². The summed E-state index contributed by atoms with van der Waals surface area (Å²) < 4.78 is 1.66. The van der Waals surface area contributed by atoms with Crippen molar-refractivity contribution in [2.75, 3.05) is 12.3 Å². The molecule has 112 valence electrons. The van der Waals surface area contributed by atoms with E-state index in [4.69, 9.17) is 0 Å². The summed E-state index contributed by atoms with van der Waals surface area (Å²) in [5.41, 5.74) is 0. The normalized spacial score (nSPS) is 15.7. The average Bonchev–Trinajstić information content (AvgIpc) is 3.08. The van der Waals surface area contributed by atoms with E-state index in [2.05, 4.69) is 27.3 Å². The molecule has 0 spiro atoms. The summed E-state index contributed by atoms with van der Waals surface area (Å²) in [6, 6.07) is 0.489. The fourth-order valence-electron chi connectivity index (χ4n) is 2.73. The van der Waals surface area contributed by atoms with Gasteiger partial charge in [-0.05, 0) is 36.6 Å². The molecule has 0 bridgehead atoms. The van der Waals surface area contributed by atoms with E-state index in [-0.39, 0.29) is 0 Å². The SMILES string of the molecule is CCN(C(=O)CCCSc1nnnn1C)C1CCCC1. The Labute approximate surface area is 124 Å². The number of aryl methyl sites for hydroxylation is 1. The van der Waals surface area contributed by atoms with E-state index < -0.39 is 0 Å². The zero-order chi connectivity index (χ0) is 14.4. The van der Waals surface area contributed by atoms with Crippen molar-refractivity contribution in [2.24, 2.45) is 7.05 Å². The Bertz CT molecular complexity index is 430. The minimum Gasteiger partial charge on any atom is -0.340 e. The summed E-state index contributed by atoms with van der Waals surface area (Å²) in [5.74, 6) is 1.18. The van der Waals surface area contributed by atoms with Gasteiger partial charge in [-0.3, -0.25) is 4.79 Å². The molecular weight excluding hydrogens is 274 g/mol. The first-order valence-electron chi connectivity index (χ1n) is 7.37. The Hall–Kier alpha value is -1.11. The highest BCUT2D eigenvalue weighted by Gasteiger charge is 2.24. The molecule has 0 N–H and O–H groups in total. The second-order valence-electron chi connectivity index (χ2n) is 5.16. The summed E-state index contributed by atoms with van der Waals surface area (Å²) >= 11 is 1.60. The fraction of sp³-hybridized carbons (Fsp3) is 0.846. The molecule has 6 nitrogen and oxygen atoms in total. The third kappa shape index (κ3) is 3.94. The molecule has 2 rings (SSSR count). The van der Waals surface area contributed by atoms with Crippen molar-refractivity contribution in [2.45, 2.75) is 56.6 Å². The second kappa shape index (κ2) is 7.61. The van der Waals surface area contributed by atoms with E-state index in [9.17, 15) is 4.79 Å². The number of amides is 1. The van der Waals surface area contributed by atoms with Gasteiger partial charge >= 0.3 is 0 Å². The second-order valence-corrected chi connectivity index (χ2v) is 6.22. The largest absolute Gasteiger partial charge is 0.340 e. The zero-order valence-electron chi connectivity index (χ0n) is 12.3. The van der Waals surface area contributed by atoms with E-state index in [1.807, 2.05) is 7.05 Å². The highest BCUT2D eigenvalue weighted by molar-refractivity contribution is 7.99. The van der Waals surface area contributed by atoms with E-state index in [0.717, 1.165) is 23.9 Å². The van der Waals surface area contributed by atoms with Crippen LogP contribution in [0.4, 0.5) is 0 Å². The maximum atomic E-state index is 12.3. The number of carbonyl (C=O) groups excluding carboxylic acids is 1. The molecule has 0 saturated heterocycles. The van der Waals surface area contributed by atoms with Crippen molar-refractivity contribution >= 4 is 17.7 Å². The maximum absolute atomic E-state index is 12.3. The summed E-state index contributed by atoms with van der Waals surface area (Å²) in [4.78, 5) is 14.3. The van der Waals surface area contributed by atoms with Crippen LogP contribution in [0.15, 0.2) is 5.16 Å². The molecule has 1 fully saturated rings. The number of tetrazole rings is 1. The molecule has 1 aliphatic rings. The van der Waals surface area contributed by atoms with Crippen LogP contribution in [0.25, 0.3) is 0 Å². The van der Waals surface area contributed by atoms with Crippen molar-refractivity contribution in [3.8, 4) is 0 Å². The number of carbonyl (C=O) groups is 1. The number of hydrogen-bond donors (Lipinski definition) is 0. The predicted octanol–water partition coefficient (Wildman–Crippen LogP) is 1.87. The minimum atomic E-state index is 0.302. The average molecular weight is 297 g/mol. The van der Waals surface area contributed by atoms with Gasteiger partial charge in [-0.15, -0.1) is 5.10 Å². The quantitative estimate of drug-likeness (QED) is 0.568. The van der Waals surface area contributed by atoms with Gasteiger partial charge in [0.2, 0.25) is 11.1 Å². The van der Waals surface area contributed by atoms with E-state index in [1.54, 1.807) is 16.4 Å². The molecule has 7 heteroatoms. The third-order valence-electron chi connectivity index (χ3n) is 3.77. The van der Waals surface area contributed by atoms with Crippen LogP contribution in [0.1, 0.15) is 45.4 Å². The van der Waals surface area contributed by atoms with E-state index in [1.165, 1.54) is 25.7 Å². The van der Waals surface area contributed by atoms with Crippen LogP contribution >= 0.6 is 11.8 Å². The van der Waals surface area contributed by atoms with Crippen molar-refractivity contribution in [3.63, 3.8) is 0 Å². The van der Waals surface area contributed by atoms with Crippen molar-refractivity contribution in [3.05, 3.63) is 0 Å². The molecule has 1 aromatic rings. The molecule has 0 unspecified atom stereocenters. The van der Waals surface area contributed by atoms with Crippen LogP contribution in [0.3, 0.4) is 0 Å². The molecule has 1 aliphatic carbocycles. The smallest absolute Gasteiger partial charge is 0.222 e. The number of aromatic nitrogens is 4. The van der Waals surface area contributed by atoms with Gasteiger partial charge in [0, 0.05) is 31.8 Å². The minimum absolute atomic E-state index is 0.302. The lowest BCUT2D eigenvalue weighted by Crippen LogP contribution is -2.38. The molecule has 1 saturated carbocycles. The first-order chi connectivity index (χ1) is 9.72. The van der Waals surface area contributed by atoms with Gasteiger partial charge in [0.25, 0.3) is 0 Å². The van der Waals surface area contributed by atoms with Gasteiger partial charge in [-0.25, -0.2) is 4.68 Å². The van der Waals surface area contributed by atoms with Gasteiger partial charge in [-0.1, -0.05) is 24.6 Å². The number of thioether (sulfide) groups is 1. The van der Waals surface area contributed by atoms with Crippen LogP contribution in [0.5, 0.6) is 0 Å². The van der Waals surface area contributed by atoms with Gasteiger partial charge in [-0.2, -0.15) is 0 Å². The summed E-state index contributed by atoms with van der Waals surface area (Å²) in [6.45, 7) is 2.92. The molecule has 1 heterocycles. The Morgan fingerprint density at radius 1 is 1.45 bits per heavy atom. The Morgan fingerprint density at radius 2 is 2.20 bits per heavy atom. The van der Waals surface area contributed by atoms with Crippen LogP contribution in [-0.4, -0.2) is 49.4 Å². The van der Waals surface area contributed by atoms with E-state index >= 15 is 0 Å². The predicted molar refractivity (Wildman–Crippen MR) is 78.4 cm³/mol. The topological polar surface area (TPSA) is 63.9 Å². The monoisotopic (exact) mass is 297 g/mol. The third-order valence-corrected chi connectivity index (χ3v) is 4.87. The van der Waals surface area contributed by atoms with Crippen LogP contribution < -0.4 is 0 Å².